The summed E-state index contributed by atoms with van der Waals surface area (Å²) in [6, 6.07) is 7.22. The second-order valence-corrected chi connectivity index (χ2v) is 7.54. The minimum atomic E-state index is -3.37. The summed E-state index contributed by atoms with van der Waals surface area (Å²) in [5, 5.41) is 0. The van der Waals surface area contributed by atoms with Gasteiger partial charge in [-0.15, -0.1) is 0 Å². The number of rotatable bonds is 8. The Balaban J connectivity index is 2.72. The van der Waals surface area contributed by atoms with Crippen molar-refractivity contribution in [3.63, 3.8) is 0 Å². The molecule has 3 nitrogen and oxygen atoms in total. The van der Waals surface area contributed by atoms with Gasteiger partial charge in [-0.3, -0.25) is 0 Å². The van der Waals surface area contributed by atoms with E-state index in [1.54, 1.807) is 12.1 Å². The fourth-order valence-corrected chi connectivity index (χ4v) is 3.28. The van der Waals surface area contributed by atoms with Crippen LogP contribution < -0.4 is 4.72 Å². The van der Waals surface area contributed by atoms with Crippen molar-refractivity contribution < 1.29 is 8.42 Å². The molecule has 0 spiro atoms. The Morgan fingerprint density at radius 3 is 2.05 bits per heavy atom. The molecule has 0 saturated carbocycles. The molecule has 0 unspecified atom stereocenters. The fourth-order valence-electron chi connectivity index (χ4n) is 2.16. The Morgan fingerprint density at radius 2 is 1.60 bits per heavy atom. The van der Waals surface area contributed by atoms with Crippen LogP contribution in [0.5, 0.6) is 0 Å². The number of hydrogen-bond acceptors (Lipinski definition) is 2. The molecule has 4 heteroatoms. The van der Waals surface area contributed by atoms with E-state index in [1.165, 1.54) is 5.56 Å². The van der Waals surface area contributed by atoms with Crippen molar-refractivity contribution in [2.75, 3.05) is 6.54 Å². The van der Waals surface area contributed by atoms with Gasteiger partial charge in [0, 0.05) is 6.54 Å². The quantitative estimate of drug-likeness (QED) is 0.797. The zero-order chi connectivity index (χ0) is 15.2. The van der Waals surface area contributed by atoms with Gasteiger partial charge in [0.05, 0.1) is 4.90 Å². The van der Waals surface area contributed by atoms with Crippen LogP contribution in [0.4, 0.5) is 0 Å². The molecule has 0 radical (unpaired) electrons. The summed E-state index contributed by atoms with van der Waals surface area (Å²) in [5.74, 6) is 0.982. The molecule has 0 heterocycles. The molecule has 0 bridgehead atoms. The summed E-state index contributed by atoms with van der Waals surface area (Å²) in [5.41, 5.74) is 1.18. The molecular weight excluding hydrogens is 270 g/mol. The summed E-state index contributed by atoms with van der Waals surface area (Å²) in [6.07, 6.45) is 2.96. The maximum Gasteiger partial charge on any atom is 0.240 e. The van der Waals surface area contributed by atoms with Crippen LogP contribution in [-0.2, 0) is 16.4 Å². The lowest BCUT2D eigenvalue weighted by Crippen LogP contribution is -2.29. The topological polar surface area (TPSA) is 46.2 Å². The number of sulfonamides is 1. The average molecular weight is 297 g/mol. The third-order valence-electron chi connectivity index (χ3n) is 3.59. The van der Waals surface area contributed by atoms with Crippen molar-refractivity contribution >= 4 is 10.0 Å². The molecule has 0 aliphatic heterocycles. The number of hydrogen-bond donors (Lipinski definition) is 1. The van der Waals surface area contributed by atoms with Crippen LogP contribution in [0.15, 0.2) is 29.2 Å². The van der Waals surface area contributed by atoms with Crippen LogP contribution in [0.25, 0.3) is 0 Å². The summed E-state index contributed by atoms with van der Waals surface area (Å²) < 4.78 is 27.1. The van der Waals surface area contributed by atoms with Gasteiger partial charge < -0.3 is 0 Å². The molecule has 0 amide bonds. The van der Waals surface area contributed by atoms with Crippen molar-refractivity contribution in [1.82, 2.24) is 4.72 Å². The van der Waals surface area contributed by atoms with E-state index in [0.717, 1.165) is 19.3 Å². The van der Waals surface area contributed by atoms with E-state index in [1.807, 2.05) is 12.1 Å². The molecule has 0 aliphatic carbocycles. The monoisotopic (exact) mass is 297 g/mol. The first-order valence-corrected chi connectivity index (χ1v) is 8.96. The van der Waals surface area contributed by atoms with Gasteiger partial charge in [-0.1, -0.05) is 52.7 Å². The van der Waals surface area contributed by atoms with E-state index in [-0.39, 0.29) is 0 Å². The van der Waals surface area contributed by atoms with Crippen LogP contribution >= 0.6 is 0 Å². The van der Waals surface area contributed by atoms with Crippen LogP contribution in [-0.4, -0.2) is 15.0 Å². The van der Waals surface area contributed by atoms with E-state index in [2.05, 4.69) is 32.4 Å². The Kier molecular flexibility index (Phi) is 6.69. The minimum Gasteiger partial charge on any atom is -0.211 e. The third kappa shape index (κ3) is 5.25. The van der Waals surface area contributed by atoms with Gasteiger partial charge in [0.25, 0.3) is 0 Å². The lowest BCUT2D eigenvalue weighted by Gasteiger charge is -2.14. The third-order valence-corrected chi connectivity index (χ3v) is 5.03. The molecular formula is C16H27NO2S. The van der Waals surface area contributed by atoms with Crippen molar-refractivity contribution in [3.8, 4) is 0 Å². The Morgan fingerprint density at radius 1 is 1.05 bits per heavy atom. The molecule has 0 aromatic heterocycles. The minimum absolute atomic E-state index is 0.357. The normalized spacial score (nSPS) is 12.3. The summed E-state index contributed by atoms with van der Waals surface area (Å²) >= 11 is 0. The van der Waals surface area contributed by atoms with E-state index < -0.39 is 10.0 Å². The molecule has 0 atom stereocenters. The van der Waals surface area contributed by atoms with Crippen molar-refractivity contribution in [2.45, 2.75) is 51.9 Å². The maximum atomic E-state index is 12.2. The average Bonchev–Trinajstić information content (AvgIpc) is 2.39. The zero-order valence-electron chi connectivity index (χ0n) is 13.0. The zero-order valence-corrected chi connectivity index (χ0v) is 13.8. The van der Waals surface area contributed by atoms with E-state index in [9.17, 15) is 8.42 Å². The van der Waals surface area contributed by atoms with Crippen LogP contribution in [0, 0.1) is 11.8 Å². The summed E-state index contributed by atoms with van der Waals surface area (Å²) in [6.45, 7) is 9.00. The lowest BCUT2D eigenvalue weighted by atomic mass is 10.0. The first-order valence-electron chi connectivity index (χ1n) is 7.47. The summed E-state index contributed by atoms with van der Waals surface area (Å²) in [7, 11) is -3.37. The van der Waals surface area contributed by atoms with Crippen molar-refractivity contribution in [3.05, 3.63) is 29.8 Å². The largest absolute Gasteiger partial charge is 0.240 e. The number of nitrogens with one attached hydrogen (secondary N) is 1. The highest BCUT2D eigenvalue weighted by atomic mass is 32.2. The van der Waals surface area contributed by atoms with Crippen molar-refractivity contribution in [1.29, 1.82) is 0 Å². The molecule has 1 rings (SSSR count). The standard InChI is InChI=1S/C16H27NO2S/c1-5-14(6-2)12-17-20(18,19)16-9-7-15(8-10-16)11-13(3)4/h7-10,13-14,17H,5-6,11-12H2,1-4H3. The molecule has 1 aromatic rings. The highest BCUT2D eigenvalue weighted by Gasteiger charge is 2.15. The highest BCUT2D eigenvalue weighted by Crippen LogP contribution is 2.14. The molecule has 0 aliphatic rings. The van der Waals surface area contributed by atoms with E-state index in [0.29, 0.717) is 23.3 Å². The molecule has 20 heavy (non-hydrogen) atoms. The first kappa shape index (κ1) is 17.2. The second kappa shape index (κ2) is 7.79. The molecule has 0 saturated heterocycles. The predicted octanol–water partition coefficient (Wildman–Crippen LogP) is 3.60. The molecule has 0 fully saturated rings. The van der Waals surface area contributed by atoms with Gasteiger partial charge in [0.2, 0.25) is 10.0 Å². The smallest absolute Gasteiger partial charge is 0.211 e. The van der Waals surface area contributed by atoms with Crippen LogP contribution in [0.3, 0.4) is 0 Å². The lowest BCUT2D eigenvalue weighted by molar-refractivity contribution is 0.479. The van der Waals surface area contributed by atoms with Gasteiger partial charge in [-0.25, -0.2) is 13.1 Å². The van der Waals surface area contributed by atoms with Crippen LogP contribution in [0.2, 0.25) is 0 Å². The highest BCUT2D eigenvalue weighted by molar-refractivity contribution is 7.89. The van der Waals surface area contributed by atoms with E-state index in [4.69, 9.17) is 0 Å². The molecule has 114 valence electrons. The van der Waals surface area contributed by atoms with Gasteiger partial charge >= 0.3 is 0 Å². The Bertz CT molecular complexity index is 488. The van der Waals surface area contributed by atoms with Gasteiger partial charge in [-0.2, -0.15) is 0 Å². The summed E-state index contributed by atoms with van der Waals surface area (Å²) in [4.78, 5) is 0.357. The van der Waals surface area contributed by atoms with Gasteiger partial charge in [-0.05, 0) is 36.0 Å². The van der Waals surface area contributed by atoms with Crippen molar-refractivity contribution in [2.24, 2.45) is 11.8 Å². The maximum absolute atomic E-state index is 12.2. The SMILES string of the molecule is CCC(CC)CNS(=O)(=O)c1ccc(CC(C)C)cc1. The fraction of sp³-hybridized carbons (Fsp3) is 0.625. The second-order valence-electron chi connectivity index (χ2n) is 5.78. The van der Waals surface area contributed by atoms with Crippen LogP contribution in [0.1, 0.15) is 46.1 Å². The van der Waals surface area contributed by atoms with E-state index >= 15 is 0 Å². The molecule has 1 aromatic carbocycles. The van der Waals surface area contributed by atoms with Gasteiger partial charge in [0.1, 0.15) is 0 Å². The predicted molar refractivity (Wildman–Crippen MR) is 84.2 cm³/mol. The Labute approximate surface area is 123 Å². The number of benzene rings is 1. The first-order chi connectivity index (χ1) is 9.39. The molecule has 1 N–H and O–H groups in total. The Hall–Kier alpha value is -0.870. The van der Waals surface area contributed by atoms with Gasteiger partial charge in [0.15, 0.2) is 0 Å².